The van der Waals surface area contributed by atoms with Gasteiger partial charge in [0.05, 0.1) is 6.54 Å². The van der Waals surface area contributed by atoms with Crippen molar-refractivity contribution < 1.29 is 23.9 Å². The van der Waals surface area contributed by atoms with E-state index in [4.69, 9.17) is 9.52 Å². The highest BCUT2D eigenvalue weighted by molar-refractivity contribution is 6.39. The van der Waals surface area contributed by atoms with E-state index in [2.05, 4.69) is 15.8 Å². The lowest BCUT2D eigenvalue weighted by Gasteiger charge is -2.11. The second-order valence-corrected chi connectivity index (χ2v) is 4.26. The van der Waals surface area contributed by atoms with Gasteiger partial charge in [-0.05, 0) is 13.0 Å². The maximum Gasteiger partial charge on any atom is 0.339 e. The van der Waals surface area contributed by atoms with Crippen molar-refractivity contribution in [3.8, 4) is 0 Å². The van der Waals surface area contributed by atoms with Crippen LogP contribution in [0.25, 0.3) is 0 Å². The molecule has 8 heteroatoms. The van der Waals surface area contributed by atoms with Gasteiger partial charge in [-0.1, -0.05) is 0 Å². The molecule has 2 rings (SSSR count). The van der Waals surface area contributed by atoms with Crippen LogP contribution in [0, 0.1) is 6.92 Å². The van der Waals surface area contributed by atoms with Crippen molar-refractivity contribution in [1.29, 1.82) is 0 Å². The van der Waals surface area contributed by atoms with Gasteiger partial charge < -0.3 is 14.8 Å². The summed E-state index contributed by atoms with van der Waals surface area (Å²) in [6, 6.07) is 1.36. The lowest BCUT2D eigenvalue weighted by molar-refractivity contribution is -0.121. The van der Waals surface area contributed by atoms with Crippen LogP contribution in [0.4, 0.5) is 0 Å². The highest BCUT2D eigenvalue weighted by Crippen LogP contribution is 2.14. The Morgan fingerprint density at radius 1 is 1.50 bits per heavy atom. The van der Waals surface area contributed by atoms with Gasteiger partial charge in [-0.25, -0.2) is 10.2 Å². The molecule has 0 saturated heterocycles. The van der Waals surface area contributed by atoms with E-state index in [1.165, 1.54) is 13.0 Å². The molecule has 2 heterocycles. The molecule has 106 valence electrons. The SMILES string of the molecule is Cc1oc(CNC(=O)C2=NNC(=O)CC2)cc1C(=O)O. The third kappa shape index (κ3) is 3.02. The Balaban J connectivity index is 1.95. The zero-order valence-corrected chi connectivity index (χ0v) is 10.7. The van der Waals surface area contributed by atoms with E-state index < -0.39 is 11.9 Å². The summed E-state index contributed by atoms with van der Waals surface area (Å²) in [7, 11) is 0. The van der Waals surface area contributed by atoms with Crippen molar-refractivity contribution in [1.82, 2.24) is 10.7 Å². The van der Waals surface area contributed by atoms with Crippen molar-refractivity contribution >= 4 is 23.5 Å². The second kappa shape index (κ2) is 5.55. The first-order chi connectivity index (χ1) is 9.47. The van der Waals surface area contributed by atoms with Crippen LogP contribution < -0.4 is 10.7 Å². The summed E-state index contributed by atoms with van der Waals surface area (Å²) >= 11 is 0. The predicted molar refractivity (Wildman–Crippen MR) is 67.1 cm³/mol. The number of nitrogens with one attached hydrogen (secondary N) is 2. The second-order valence-electron chi connectivity index (χ2n) is 4.26. The van der Waals surface area contributed by atoms with Crippen LogP contribution in [0.3, 0.4) is 0 Å². The van der Waals surface area contributed by atoms with E-state index in [1.807, 2.05) is 0 Å². The molecule has 8 nitrogen and oxygen atoms in total. The largest absolute Gasteiger partial charge is 0.478 e. The molecule has 0 radical (unpaired) electrons. The fourth-order valence-electron chi connectivity index (χ4n) is 1.75. The quantitative estimate of drug-likeness (QED) is 0.725. The van der Waals surface area contributed by atoms with Gasteiger partial charge in [0.15, 0.2) is 0 Å². The average Bonchev–Trinajstić information content (AvgIpc) is 2.78. The fourth-order valence-corrected chi connectivity index (χ4v) is 1.75. The lowest BCUT2D eigenvalue weighted by Crippen LogP contribution is -2.36. The molecule has 0 aromatic carbocycles. The Hall–Kier alpha value is -2.64. The van der Waals surface area contributed by atoms with Gasteiger partial charge in [0, 0.05) is 12.8 Å². The molecule has 1 aromatic rings. The maximum absolute atomic E-state index is 11.8. The van der Waals surface area contributed by atoms with Crippen molar-refractivity contribution in [2.45, 2.75) is 26.3 Å². The van der Waals surface area contributed by atoms with Gasteiger partial charge in [-0.2, -0.15) is 5.10 Å². The minimum atomic E-state index is -1.08. The number of amides is 2. The van der Waals surface area contributed by atoms with Crippen molar-refractivity contribution in [3.63, 3.8) is 0 Å². The molecule has 3 N–H and O–H groups in total. The number of rotatable bonds is 4. The molecular formula is C12H13N3O5. The van der Waals surface area contributed by atoms with Gasteiger partial charge in [-0.15, -0.1) is 0 Å². The number of carboxylic acid groups (broad SMARTS) is 1. The zero-order valence-electron chi connectivity index (χ0n) is 10.7. The number of aryl methyl sites for hydroxylation is 1. The number of carboxylic acids is 1. The molecule has 0 spiro atoms. The van der Waals surface area contributed by atoms with Crippen LogP contribution >= 0.6 is 0 Å². The average molecular weight is 279 g/mol. The van der Waals surface area contributed by atoms with Crippen molar-refractivity contribution in [3.05, 3.63) is 23.2 Å². The van der Waals surface area contributed by atoms with E-state index in [-0.39, 0.29) is 42.3 Å². The molecule has 0 fully saturated rings. The van der Waals surface area contributed by atoms with Crippen LogP contribution in [-0.2, 0) is 16.1 Å². The minimum Gasteiger partial charge on any atom is -0.478 e. The van der Waals surface area contributed by atoms with Crippen LogP contribution in [0.5, 0.6) is 0 Å². The van der Waals surface area contributed by atoms with Gasteiger partial charge >= 0.3 is 5.97 Å². The molecule has 1 aromatic heterocycles. The van der Waals surface area contributed by atoms with E-state index >= 15 is 0 Å². The molecule has 20 heavy (non-hydrogen) atoms. The van der Waals surface area contributed by atoms with Gasteiger partial charge in [0.2, 0.25) is 5.91 Å². The third-order valence-electron chi connectivity index (χ3n) is 2.79. The Bertz CT molecular complexity index is 602. The number of hydrazone groups is 1. The Morgan fingerprint density at radius 3 is 2.80 bits per heavy atom. The number of hydrogen-bond acceptors (Lipinski definition) is 5. The van der Waals surface area contributed by atoms with E-state index in [0.29, 0.717) is 5.76 Å². The van der Waals surface area contributed by atoms with Crippen LogP contribution in [0.2, 0.25) is 0 Å². The Kier molecular flexibility index (Phi) is 3.83. The third-order valence-corrected chi connectivity index (χ3v) is 2.79. The number of nitrogens with zero attached hydrogens (tertiary/aromatic N) is 1. The molecule has 0 saturated carbocycles. The topological polar surface area (TPSA) is 121 Å². The molecule has 1 aliphatic heterocycles. The summed E-state index contributed by atoms with van der Waals surface area (Å²) in [5.41, 5.74) is 2.52. The predicted octanol–water partition coefficient (Wildman–Crippen LogP) is 0.168. The number of carbonyl (C=O) groups excluding carboxylic acids is 2. The molecule has 1 aliphatic rings. The normalized spacial score (nSPS) is 14.4. The number of furan rings is 1. The molecule has 0 bridgehead atoms. The van der Waals surface area contributed by atoms with Gasteiger partial charge in [0.1, 0.15) is 22.8 Å². The molecule has 0 atom stereocenters. The first-order valence-electron chi connectivity index (χ1n) is 5.93. The first-order valence-corrected chi connectivity index (χ1v) is 5.93. The van der Waals surface area contributed by atoms with Gasteiger partial charge in [0.25, 0.3) is 5.91 Å². The molecule has 2 amide bonds. The minimum absolute atomic E-state index is 0.0555. The van der Waals surface area contributed by atoms with Gasteiger partial charge in [-0.3, -0.25) is 9.59 Å². The summed E-state index contributed by atoms with van der Waals surface area (Å²) in [6.07, 6.45) is 0.491. The highest BCUT2D eigenvalue weighted by atomic mass is 16.4. The zero-order chi connectivity index (χ0) is 14.7. The smallest absolute Gasteiger partial charge is 0.339 e. The van der Waals surface area contributed by atoms with E-state index in [0.717, 1.165) is 0 Å². The monoisotopic (exact) mass is 279 g/mol. The lowest BCUT2D eigenvalue weighted by atomic mass is 10.1. The molecule has 0 aliphatic carbocycles. The Morgan fingerprint density at radius 2 is 2.25 bits per heavy atom. The standard InChI is InChI=1S/C12H13N3O5/c1-6-8(12(18)19)4-7(20-6)5-13-11(17)9-2-3-10(16)15-14-9/h4H,2-3,5H2,1H3,(H,13,17)(H,15,16)(H,18,19). The number of aromatic carboxylic acids is 1. The molecule has 0 unspecified atom stereocenters. The summed E-state index contributed by atoms with van der Waals surface area (Å²) in [6.45, 7) is 1.59. The number of hydrogen-bond donors (Lipinski definition) is 3. The Labute approximate surface area is 113 Å². The van der Waals surface area contributed by atoms with Crippen molar-refractivity contribution in [2.24, 2.45) is 5.10 Å². The summed E-state index contributed by atoms with van der Waals surface area (Å²) in [5, 5.41) is 15.1. The van der Waals surface area contributed by atoms with Crippen molar-refractivity contribution in [2.75, 3.05) is 0 Å². The number of carbonyl (C=O) groups is 3. The fraction of sp³-hybridized carbons (Fsp3) is 0.333. The summed E-state index contributed by atoms with van der Waals surface area (Å²) < 4.78 is 5.23. The van der Waals surface area contributed by atoms with Crippen LogP contribution in [0.15, 0.2) is 15.6 Å². The molecular weight excluding hydrogens is 266 g/mol. The van der Waals surface area contributed by atoms with Crippen LogP contribution in [0.1, 0.15) is 34.7 Å². The first kappa shape index (κ1) is 13.8. The summed E-state index contributed by atoms with van der Waals surface area (Å²) in [4.78, 5) is 33.5. The van der Waals surface area contributed by atoms with Crippen LogP contribution in [-0.4, -0.2) is 28.6 Å². The highest BCUT2D eigenvalue weighted by Gasteiger charge is 2.19. The van der Waals surface area contributed by atoms with E-state index in [1.54, 1.807) is 0 Å². The summed E-state index contributed by atoms with van der Waals surface area (Å²) in [5.74, 6) is -1.11. The van der Waals surface area contributed by atoms with E-state index in [9.17, 15) is 14.4 Å². The maximum atomic E-state index is 11.8.